The number of hydrazine groups is 1. The van der Waals surface area contributed by atoms with E-state index in [0.717, 1.165) is 27.8 Å². The highest BCUT2D eigenvalue weighted by atomic mass is 16.2. The van der Waals surface area contributed by atoms with E-state index in [4.69, 9.17) is 16.8 Å². The second kappa shape index (κ2) is 9.90. The van der Waals surface area contributed by atoms with Crippen molar-refractivity contribution < 1.29 is 4.79 Å². The maximum Gasteiger partial charge on any atom is 0.269 e. The van der Waals surface area contributed by atoms with Crippen molar-refractivity contribution in [2.45, 2.75) is 13.0 Å². The minimum atomic E-state index is -0.374. The summed E-state index contributed by atoms with van der Waals surface area (Å²) in [5, 5.41) is 13.3. The minimum Gasteiger partial charge on any atom is -0.393 e. The summed E-state index contributed by atoms with van der Waals surface area (Å²) in [6, 6.07) is 25.0. The largest absolute Gasteiger partial charge is 0.393 e. The first-order chi connectivity index (χ1) is 16.5. The summed E-state index contributed by atoms with van der Waals surface area (Å²) in [5.41, 5.74) is 11.9. The molecule has 1 amide bonds. The van der Waals surface area contributed by atoms with Gasteiger partial charge < -0.3 is 16.1 Å². The van der Waals surface area contributed by atoms with Crippen molar-refractivity contribution in [1.82, 2.24) is 19.9 Å². The summed E-state index contributed by atoms with van der Waals surface area (Å²) in [7, 11) is 1.66. The predicted molar refractivity (Wildman–Crippen MR) is 131 cm³/mol. The standard InChI is InChI=1S/C26H25N7O/c1-32(29)24(14-18-5-3-2-4-6-18)25(28)26(34)30-16-19-7-10-21(11-8-19)33-17-31-22-13-20(15-27)9-12-23(22)33/h2-13,17H,14,16,28-29H2,1H3,(H,30,34)/b25-24-. The number of carbonyl (C=O) groups is 1. The third-order valence-electron chi connectivity index (χ3n) is 5.54. The summed E-state index contributed by atoms with van der Waals surface area (Å²) in [6.07, 6.45) is 2.18. The van der Waals surface area contributed by atoms with Gasteiger partial charge in [0.1, 0.15) is 12.0 Å². The van der Waals surface area contributed by atoms with Gasteiger partial charge in [0.15, 0.2) is 0 Å². The lowest BCUT2D eigenvalue weighted by atomic mass is 10.1. The summed E-state index contributed by atoms with van der Waals surface area (Å²) in [5.74, 6) is 5.57. The number of imidazole rings is 1. The predicted octanol–water partition coefficient (Wildman–Crippen LogP) is 2.73. The second-order valence-electron chi connectivity index (χ2n) is 7.91. The van der Waals surface area contributed by atoms with Crippen molar-refractivity contribution >= 4 is 16.9 Å². The number of nitrogens with one attached hydrogen (secondary N) is 1. The fourth-order valence-corrected chi connectivity index (χ4v) is 3.67. The van der Waals surface area contributed by atoms with Crippen LogP contribution in [0.15, 0.2) is 90.5 Å². The van der Waals surface area contributed by atoms with Gasteiger partial charge in [0.25, 0.3) is 5.91 Å². The molecule has 0 atom stereocenters. The fraction of sp³-hybridized carbons (Fsp3) is 0.115. The number of hydrogen-bond donors (Lipinski definition) is 3. The molecule has 34 heavy (non-hydrogen) atoms. The molecular formula is C26H25N7O. The molecule has 170 valence electrons. The number of nitriles is 1. The zero-order chi connectivity index (χ0) is 24.1. The quantitative estimate of drug-likeness (QED) is 0.225. The molecule has 4 aromatic rings. The highest BCUT2D eigenvalue weighted by Crippen LogP contribution is 2.20. The number of hydrogen-bond acceptors (Lipinski definition) is 6. The van der Waals surface area contributed by atoms with E-state index in [2.05, 4.69) is 16.4 Å². The number of rotatable bonds is 7. The minimum absolute atomic E-state index is 0.0899. The van der Waals surface area contributed by atoms with Crippen LogP contribution < -0.4 is 16.9 Å². The highest BCUT2D eigenvalue weighted by molar-refractivity contribution is 5.93. The van der Waals surface area contributed by atoms with Crippen molar-refractivity contribution in [3.8, 4) is 11.8 Å². The van der Waals surface area contributed by atoms with Gasteiger partial charge in [-0.1, -0.05) is 42.5 Å². The van der Waals surface area contributed by atoms with E-state index in [1.54, 1.807) is 25.5 Å². The number of aromatic nitrogens is 2. The number of allylic oxidation sites excluding steroid dienone is 1. The van der Waals surface area contributed by atoms with E-state index in [9.17, 15) is 4.79 Å². The van der Waals surface area contributed by atoms with Crippen LogP contribution in [-0.2, 0) is 17.8 Å². The van der Waals surface area contributed by atoms with Crippen LogP contribution in [0, 0.1) is 11.3 Å². The Balaban J connectivity index is 1.45. The highest BCUT2D eigenvalue weighted by Gasteiger charge is 2.15. The van der Waals surface area contributed by atoms with E-state index >= 15 is 0 Å². The molecule has 0 radical (unpaired) electrons. The van der Waals surface area contributed by atoms with Crippen LogP contribution in [0.5, 0.6) is 0 Å². The molecule has 0 aliphatic carbocycles. The van der Waals surface area contributed by atoms with Crippen molar-refractivity contribution in [3.05, 3.63) is 107 Å². The van der Waals surface area contributed by atoms with E-state index in [1.807, 2.05) is 65.2 Å². The van der Waals surface area contributed by atoms with Crippen LogP contribution in [-0.4, -0.2) is 27.5 Å². The average Bonchev–Trinajstić information content (AvgIpc) is 3.29. The number of fused-ring (bicyclic) bond motifs is 1. The van der Waals surface area contributed by atoms with Crippen LogP contribution in [0.2, 0.25) is 0 Å². The first kappa shape index (κ1) is 22.6. The first-order valence-corrected chi connectivity index (χ1v) is 10.7. The lowest BCUT2D eigenvalue weighted by molar-refractivity contribution is -0.117. The zero-order valence-corrected chi connectivity index (χ0v) is 18.8. The van der Waals surface area contributed by atoms with Crippen molar-refractivity contribution in [1.29, 1.82) is 5.26 Å². The van der Waals surface area contributed by atoms with Crippen LogP contribution >= 0.6 is 0 Å². The number of amides is 1. The summed E-state index contributed by atoms with van der Waals surface area (Å²) < 4.78 is 1.95. The molecule has 0 saturated carbocycles. The molecule has 0 saturated heterocycles. The van der Waals surface area contributed by atoms with E-state index < -0.39 is 0 Å². The van der Waals surface area contributed by atoms with Gasteiger partial charge in [-0.3, -0.25) is 9.36 Å². The van der Waals surface area contributed by atoms with Crippen LogP contribution in [0.1, 0.15) is 16.7 Å². The molecule has 1 aromatic heterocycles. The topological polar surface area (TPSA) is 126 Å². The monoisotopic (exact) mass is 451 g/mol. The third kappa shape index (κ3) is 4.90. The number of nitrogens with zero attached hydrogens (tertiary/aromatic N) is 4. The van der Waals surface area contributed by atoms with E-state index in [-0.39, 0.29) is 11.6 Å². The Morgan fingerprint density at radius 1 is 1.09 bits per heavy atom. The normalized spacial score (nSPS) is 11.6. The van der Waals surface area contributed by atoms with Crippen molar-refractivity contribution in [2.24, 2.45) is 11.6 Å². The molecule has 1 heterocycles. The lowest BCUT2D eigenvalue weighted by Crippen LogP contribution is -2.35. The van der Waals surface area contributed by atoms with E-state index in [1.165, 1.54) is 5.01 Å². The van der Waals surface area contributed by atoms with Gasteiger partial charge in [0, 0.05) is 25.7 Å². The van der Waals surface area contributed by atoms with Gasteiger partial charge in [-0.15, -0.1) is 0 Å². The smallest absolute Gasteiger partial charge is 0.269 e. The van der Waals surface area contributed by atoms with Crippen molar-refractivity contribution in [2.75, 3.05) is 7.05 Å². The molecule has 0 unspecified atom stereocenters. The summed E-state index contributed by atoms with van der Waals surface area (Å²) >= 11 is 0. The second-order valence-corrected chi connectivity index (χ2v) is 7.91. The maximum atomic E-state index is 12.7. The molecular weight excluding hydrogens is 426 g/mol. The Morgan fingerprint density at radius 2 is 1.82 bits per heavy atom. The van der Waals surface area contributed by atoms with Crippen LogP contribution in [0.4, 0.5) is 0 Å². The number of carbonyl (C=O) groups excluding carboxylic acids is 1. The third-order valence-corrected chi connectivity index (χ3v) is 5.54. The molecule has 4 rings (SSSR count). The average molecular weight is 452 g/mol. The SMILES string of the molecule is CN(N)/C(Cc1ccccc1)=C(\N)C(=O)NCc1ccc(-n2cnc3cc(C#N)ccc32)cc1. The van der Waals surface area contributed by atoms with E-state index in [0.29, 0.717) is 24.2 Å². The van der Waals surface area contributed by atoms with Gasteiger partial charge in [0.2, 0.25) is 0 Å². The fourth-order valence-electron chi connectivity index (χ4n) is 3.67. The van der Waals surface area contributed by atoms with Gasteiger partial charge in [-0.2, -0.15) is 5.26 Å². The molecule has 0 aliphatic rings. The molecule has 8 nitrogen and oxygen atoms in total. The van der Waals surface area contributed by atoms with Gasteiger partial charge in [-0.05, 0) is 41.5 Å². The van der Waals surface area contributed by atoms with Gasteiger partial charge in [0.05, 0.1) is 28.4 Å². The molecule has 3 aromatic carbocycles. The Kier molecular flexibility index (Phi) is 6.57. The summed E-state index contributed by atoms with van der Waals surface area (Å²) in [6.45, 7) is 0.322. The number of benzene rings is 3. The zero-order valence-electron chi connectivity index (χ0n) is 18.8. The Bertz CT molecular complexity index is 1380. The molecule has 0 spiro atoms. The van der Waals surface area contributed by atoms with Crippen LogP contribution in [0.25, 0.3) is 16.7 Å². The van der Waals surface area contributed by atoms with Crippen LogP contribution in [0.3, 0.4) is 0 Å². The molecule has 5 N–H and O–H groups in total. The lowest BCUT2D eigenvalue weighted by Gasteiger charge is -2.19. The maximum absolute atomic E-state index is 12.7. The molecule has 0 fully saturated rings. The van der Waals surface area contributed by atoms with Gasteiger partial charge >= 0.3 is 0 Å². The van der Waals surface area contributed by atoms with Gasteiger partial charge in [-0.25, -0.2) is 10.8 Å². The Hall–Kier alpha value is -4.61. The molecule has 0 bridgehead atoms. The van der Waals surface area contributed by atoms with Crippen molar-refractivity contribution in [3.63, 3.8) is 0 Å². The molecule has 0 aliphatic heterocycles. The summed E-state index contributed by atoms with van der Waals surface area (Å²) in [4.78, 5) is 17.1. The molecule has 8 heteroatoms. The number of nitrogens with two attached hydrogens (primary N) is 2. The Morgan fingerprint density at radius 3 is 2.50 bits per heavy atom. The number of likely N-dealkylation sites (N-methyl/N-ethyl adjacent to an activating group) is 1. The first-order valence-electron chi connectivity index (χ1n) is 10.7. The Labute approximate surface area is 197 Å².